The van der Waals surface area contributed by atoms with Crippen LogP contribution in [-0.4, -0.2) is 53.9 Å². The van der Waals surface area contributed by atoms with E-state index in [1.165, 1.54) is 4.90 Å². The number of carbonyl (C=O) groups excluding carboxylic acids is 3. The topological polar surface area (TPSA) is 77.8 Å². The number of ether oxygens (including phenoxy) is 2. The van der Waals surface area contributed by atoms with E-state index in [-0.39, 0.29) is 24.8 Å². The minimum atomic E-state index is -0.553. The molecule has 0 aliphatic carbocycles. The molecule has 0 bridgehead atoms. The Kier molecular flexibility index (Phi) is 6.92. The first kappa shape index (κ1) is 21.6. The summed E-state index contributed by atoms with van der Waals surface area (Å²) in [5.74, 6) is -0.0907. The van der Waals surface area contributed by atoms with Crippen molar-refractivity contribution >= 4 is 17.7 Å². The number of nitrogens with zero attached hydrogens (tertiary/aromatic N) is 2. The van der Waals surface area contributed by atoms with Crippen LogP contribution in [0.3, 0.4) is 0 Å². The van der Waals surface area contributed by atoms with E-state index in [1.807, 2.05) is 42.7 Å². The number of hydrogen-bond donors (Lipinski definition) is 0. The maximum atomic E-state index is 12.7. The molecule has 30 heavy (non-hydrogen) atoms. The lowest BCUT2D eigenvalue weighted by Gasteiger charge is -2.19. The van der Waals surface area contributed by atoms with Crippen LogP contribution in [0.1, 0.15) is 47.4 Å². The minimum absolute atomic E-state index is 0.0289. The molecule has 1 saturated heterocycles. The first-order valence-corrected chi connectivity index (χ1v) is 10.2. The summed E-state index contributed by atoms with van der Waals surface area (Å²) in [4.78, 5) is 38.4. The summed E-state index contributed by atoms with van der Waals surface area (Å²) in [7, 11) is 1.61. The molecule has 1 aliphatic rings. The average Bonchev–Trinajstić information content (AvgIpc) is 2.89. The Hall–Kier alpha value is -3.09. The Bertz CT molecular complexity index is 930. The normalized spacial score (nSPS) is 14.4. The number of amides is 1. The number of aryl methyl sites for hydroxylation is 1. The molecule has 2 aromatic rings. The van der Waals surface area contributed by atoms with Gasteiger partial charge in [-0.15, -0.1) is 0 Å². The first-order chi connectivity index (χ1) is 14.4. The van der Waals surface area contributed by atoms with E-state index in [4.69, 9.17) is 9.47 Å². The summed E-state index contributed by atoms with van der Waals surface area (Å²) in [6, 6.07) is 9.37. The van der Waals surface area contributed by atoms with Gasteiger partial charge in [0, 0.05) is 35.6 Å². The zero-order valence-electron chi connectivity index (χ0n) is 17.8. The third-order valence-corrected chi connectivity index (χ3v) is 5.42. The number of methoxy groups -OCH3 is 1. The van der Waals surface area contributed by atoms with Gasteiger partial charge >= 0.3 is 5.97 Å². The van der Waals surface area contributed by atoms with Crippen LogP contribution in [0, 0.1) is 13.8 Å². The van der Waals surface area contributed by atoms with Gasteiger partial charge < -0.3 is 18.9 Å². The van der Waals surface area contributed by atoms with E-state index >= 15 is 0 Å². The fraction of sp³-hybridized carbons (Fsp3) is 0.435. The maximum Gasteiger partial charge on any atom is 0.326 e. The van der Waals surface area contributed by atoms with Crippen molar-refractivity contribution in [1.82, 2.24) is 9.47 Å². The zero-order chi connectivity index (χ0) is 21.7. The van der Waals surface area contributed by atoms with Gasteiger partial charge in [0.1, 0.15) is 12.3 Å². The minimum Gasteiger partial charge on any atom is -0.497 e. The van der Waals surface area contributed by atoms with Gasteiger partial charge in [0.15, 0.2) is 6.61 Å². The van der Waals surface area contributed by atoms with Gasteiger partial charge in [0.05, 0.1) is 7.11 Å². The molecular weight excluding hydrogens is 384 g/mol. The van der Waals surface area contributed by atoms with Crippen molar-refractivity contribution in [1.29, 1.82) is 0 Å². The SMILES string of the molecule is COc1ccc(-n2c(C)cc(C(=O)COC(=O)CN3CCCCCC3=O)c2C)cc1. The number of Topliss-reactive ketones (excluding diaryl/α,β-unsaturated/α-hetero) is 1. The second-order valence-corrected chi connectivity index (χ2v) is 7.53. The van der Waals surface area contributed by atoms with Gasteiger partial charge in [0.25, 0.3) is 0 Å². The van der Waals surface area contributed by atoms with Crippen LogP contribution in [0.4, 0.5) is 0 Å². The summed E-state index contributed by atoms with van der Waals surface area (Å²) < 4.78 is 12.4. The molecule has 0 atom stereocenters. The molecule has 1 aromatic carbocycles. The number of aromatic nitrogens is 1. The molecule has 3 rings (SSSR count). The highest BCUT2D eigenvalue weighted by Gasteiger charge is 2.22. The van der Waals surface area contributed by atoms with Gasteiger partial charge in [-0.2, -0.15) is 0 Å². The van der Waals surface area contributed by atoms with E-state index in [2.05, 4.69) is 0 Å². The van der Waals surface area contributed by atoms with E-state index in [9.17, 15) is 14.4 Å². The number of benzene rings is 1. The summed E-state index contributed by atoms with van der Waals surface area (Å²) in [5, 5.41) is 0. The first-order valence-electron chi connectivity index (χ1n) is 10.2. The van der Waals surface area contributed by atoms with Crippen LogP contribution in [0.15, 0.2) is 30.3 Å². The number of rotatable bonds is 7. The average molecular weight is 412 g/mol. The molecule has 1 amide bonds. The number of carbonyl (C=O) groups is 3. The van der Waals surface area contributed by atoms with Gasteiger partial charge in [-0.1, -0.05) is 6.42 Å². The van der Waals surface area contributed by atoms with Crippen molar-refractivity contribution in [2.24, 2.45) is 0 Å². The molecule has 0 unspecified atom stereocenters. The highest BCUT2D eigenvalue weighted by molar-refractivity contribution is 5.99. The summed E-state index contributed by atoms with van der Waals surface area (Å²) in [6.45, 7) is 3.91. The largest absolute Gasteiger partial charge is 0.497 e. The molecule has 2 heterocycles. The van der Waals surface area contributed by atoms with Crippen molar-refractivity contribution in [3.63, 3.8) is 0 Å². The van der Waals surface area contributed by atoms with Crippen molar-refractivity contribution in [3.05, 3.63) is 47.3 Å². The zero-order valence-corrected chi connectivity index (χ0v) is 17.8. The van der Waals surface area contributed by atoms with Gasteiger partial charge in [-0.25, -0.2) is 0 Å². The van der Waals surface area contributed by atoms with E-state index < -0.39 is 5.97 Å². The number of hydrogen-bond acceptors (Lipinski definition) is 5. The molecule has 160 valence electrons. The molecule has 0 radical (unpaired) electrons. The van der Waals surface area contributed by atoms with Gasteiger partial charge in [-0.3, -0.25) is 14.4 Å². The maximum absolute atomic E-state index is 12.7. The predicted molar refractivity (Wildman–Crippen MR) is 112 cm³/mol. The summed E-state index contributed by atoms with van der Waals surface area (Å²) in [5.41, 5.74) is 3.12. The van der Waals surface area contributed by atoms with Crippen LogP contribution in [0.5, 0.6) is 5.75 Å². The summed E-state index contributed by atoms with van der Waals surface area (Å²) in [6.07, 6.45) is 3.19. The highest BCUT2D eigenvalue weighted by Crippen LogP contribution is 2.23. The second kappa shape index (κ2) is 9.61. The van der Waals surface area contributed by atoms with E-state index in [0.29, 0.717) is 18.5 Å². The molecule has 1 fully saturated rings. The van der Waals surface area contributed by atoms with Crippen LogP contribution in [-0.2, 0) is 14.3 Å². The Morgan fingerprint density at radius 2 is 1.80 bits per heavy atom. The molecule has 7 heteroatoms. The molecule has 0 saturated carbocycles. The molecule has 1 aliphatic heterocycles. The molecule has 0 spiro atoms. The van der Waals surface area contributed by atoms with E-state index in [1.54, 1.807) is 13.2 Å². The van der Waals surface area contributed by atoms with E-state index in [0.717, 1.165) is 42.1 Å². The predicted octanol–water partition coefficient (Wildman–Crippen LogP) is 3.23. The van der Waals surface area contributed by atoms with Gasteiger partial charge in [-0.05, 0) is 57.0 Å². The monoisotopic (exact) mass is 412 g/mol. The fourth-order valence-electron chi connectivity index (χ4n) is 3.80. The fourth-order valence-corrected chi connectivity index (χ4v) is 3.80. The van der Waals surface area contributed by atoms with Crippen LogP contribution >= 0.6 is 0 Å². The Morgan fingerprint density at radius 3 is 2.50 bits per heavy atom. The standard InChI is InChI=1S/C23H28N2O5/c1-16-13-20(17(2)25(16)18-8-10-19(29-3)11-9-18)21(26)15-30-23(28)14-24-12-6-4-5-7-22(24)27/h8-11,13H,4-7,12,14-15H2,1-3H3. The molecule has 0 N–H and O–H groups in total. The van der Waals surface area contributed by atoms with Crippen LogP contribution < -0.4 is 4.74 Å². The highest BCUT2D eigenvalue weighted by atomic mass is 16.5. The Labute approximate surface area is 176 Å². The summed E-state index contributed by atoms with van der Waals surface area (Å²) >= 11 is 0. The molecule has 7 nitrogen and oxygen atoms in total. The number of esters is 1. The molecular formula is C23H28N2O5. The van der Waals surface area contributed by atoms with Gasteiger partial charge in [0.2, 0.25) is 11.7 Å². The smallest absolute Gasteiger partial charge is 0.326 e. The third kappa shape index (κ3) is 4.90. The van der Waals surface area contributed by atoms with Crippen molar-refractivity contribution in [2.45, 2.75) is 39.5 Å². The lowest BCUT2D eigenvalue weighted by atomic mass is 10.1. The van der Waals surface area contributed by atoms with Crippen LogP contribution in [0.2, 0.25) is 0 Å². The molecule has 1 aromatic heterocycles. The van der Waals surface area contributed by atoms with Crippen molar-refractivity contribution in [2.75, 3.05) is 26.8 Å². The Balaban J connectivity index is 1.64. The number of ketones is 1. The van der Waals surface area contributed by atoms with Crippen molar-refractivity contribution < 1.29 is 23.9 Å². The van der Waals surface area contributed by atoms with Crippen LogP contribution in [0.25, 0.3) is 5.69 Å². The Morgan fingerprint density at radius 1 is 1.07 bits per heavy atom. The number of likely N-dealkylation sites (tertiary alicyclic amines) is 1. The lowest BCUT2D eigenvalue weighted by molar-refractivity contribution is -0.148. The lowest BCUT2D eigenvalue weighted by Crippen LogP contribution is -2.36. The second-order valence-electron chi connectivity index (χ2n) is 7.53. The third-order valence-electron chi connectivity index (χ3n) is 5.42. The van der Waals surface area contributed by atoms with Crippen molar-refractivity contribution in [3.8, 4) is 11.4 Å². The quantitative estimate of drug-likeness (QED) is 0.515.